The van der Waals surface area contributed by atoms with E-state index in [2.05, 4.69) is 6.92 Å². The fourth-order valence-electron chi connectivity index (χ4n) is 2.39. The molecule has 86 valence electrons. The number of benzene rings is 1. The summed E-state index contributed by atoms with van der Waals surface area (Å²) in [5.74, 6) is -0.0814. The van der Waals surface area contributed by atoms with Crippen molar-refractivity contribution in [2.45, 2.75) is 32.6 Å². The second-order valence-corrected chi connectivity index (χ2v) is 5.29. The molecule has 1 aliphatic rings. The Balaban J connectivity index is 2.21. The van der Waals surface area contributed by atoms with Gasteiger partial charge in [-0.15, -0.1) is 0 Å². The minimum absolute atomic E-state index is 0.0471. The summed E-state index contributed by atoms with van der Waals surface area (Å²) in [7, 11) is 0. The van der Waals surface area contributed by atoms with Crippen molar-refractivity contribution in [3.63, 3.8) is 0 Å². The van der Waals surface area contributed by atoms with Crippen molar-refractivity contribution in [1.82, 2.24) is 0 Å². The van der Waals surface area contributed by atoms with Crippen LogP contribution in [0.5, 0.6) is 0 Å². The van der Waals surface area contributed by atoms with Crippen molar-refractivity contribution in [3.05, 3.63) is 34.6 Å². The maximum atomic E-state index is 13.3. The monoisotopic (exact) mass is 240 g/mol. The van der Waals surface area contributed by atoms with Crippen LogP contribution in [-0.4, -0.2) is 5.78 Å². The van der Waals surface area contributed by atoms with Crippen LogP contribution >= 0.6 is 11.6 Å². The molecule has 3 heteroatoms. The molecular weight excluding hydrogens is 227 g/mol. The summed E-state index contributed by atoms with van der Waals surface area (Å²) >= 11 is 5.91. The van der Waals surface area contributed by atoms with E-state index in [-0.39, 0.29) is 16.3 Å². The molecule has 1 aromatic rings. The minimum Gasteiger partial charge on any atom is -0.300 e. The highest BCUT2D eigenvalue weighted by atomic mass is 35.5. The Morgan fingerprint density at radius 3 is 2.88 bits per heavy atom. The molecule has 1 unspecified atom stereocenters. The Bertz CT molecular complexity index is 430. The van der Waals surface area contributed by atoms with Gasteiger partial charge in [-0.25, -0.2) is 4.39 Å². The first kappa shape index (κ1) is 11.6. The van der Waals surface area contributed by atoms with Crippen LogP contribution in [0.15, 0.2) is 18.2 Å². The highest BCUT2D eigenvalue weighted by Gasteiger charge is 2.34. The van der Waals surface area contributed by atoms with Gasteiger partial charge in [-0.2, -0.15) is 0 Å². The van der Waals surface area contributed by atoms with Crippen LogP contribution in [0.4, 0.5) is 4.39 Å². The maximum Gasteiger partial charge on any atom is 0.142 e. The van der Waals surface area contributed by atoms with Crippen LogP contribution in [0, 0.1) is 11.2 Å². The summed E-state index contributed by atoms with van der Waals surface area (Å²) in [6, 6.07) is 4.85. The van der Waals surface area contributed by atoms with E-state index < -0.39 is 0 Å². The molecule has 1 aromatic carbocycles. The number of Topliss-reactive ketones (excluding diaryl/α,β-unsaturated/α-hetero) is 1. The summed E-state index contributed by atoms with van der Waals surface area (Å²) in [6.45, 7) is 2.07. The van der Waals surface area contributed by atoms with Gasteiger partial charge < -0.3 is 0 Å². The van der Waals surface area contributed by atoms with Crippen molar-refractivity contribution in [2.75, 3.05) is 0 Å². The van der Waals surface area contributed by atoms with Crippen LogP contribution in [0.25, 0.3) is 0 Å². The zero-order valence-corrected chi connectivity index (χ0v) is 9.98. The van der Waals surface area contributed by atoms with Crippen molar-refractivity contribution >= 4 is 17.4 Å². The lowest BCUT2D eigenvalue weighted by Crippen LogP contribution is -2.16. The Morgan fingerprint density at radius 2 is 2.25 bits per heavy atom. The summed E-state index contributed by atoms with van der Waals surface area (Å²) < 4.78 is 13.3. The number of rotatable bonds is 2. The maximum absolute atomic E-state index is 13.3. The van der Waals surface area contributed by atoms with Gasteiger partial charge in [-0.1, -0.05) is 30.7 Å². The van der Waals surface area contributed by atoms with Crippen LogP contribution in [0.3, 0.4) is 0 Å². The van der Waals surface area contributed by atoms with Gasteiger partial charge in [0.1, 0.15) is 11.6 Å². The number of hydrogen-bond acceptors (Lipinski definition) is 1. The third-order valence-electron chi connectivity index (χ3n) is 3.28. The van der Waals surface area contributed by atoms with Crippen molar-refractivity contribution in [3.8, 4) is 0 Å². The molecule has 1 saturated carbocycles. The van der Waals surface area contributed by atoms with E-state index in [1.54, 1.807) is 6.07 Å². The molecule has 0 heterocycles. The summed E-state index contributed by atoms with van der Waals surface area (Å²) in [5, 5.41) is 0.197. The second kappa shape index (κ2) is 4.17. The Morgan fingerprint density at radius 1 is 1.50 bits per heavy atom. The average molecular weight is 241 g/mol. The van der Waals surface area contributed by atoms with E-state index in [1.165, 1.54) is 6.07 Å². The van der Waals surface area contributed by atoms with E-state index in [0.29, 0.717) is 25.0 Å². The molecule has 0 saturated heterocycles. The predicted octanol–water partition coefficient (Wildman–Crippen LogP) is 3.78. The SMILES string of the molecule is CC1(Cc2cccc(F)c2Cl)CCC(=O)C1. The molecule has 0 radical (unpaired) electrons. The summed E-state index contributed by atoms with van der Waals surface area (Å²) in [4.78, 5) is 11.3. The Labute approximate surface area is 99.6 Å². The smallest absolute Gasteiger partial charge is 0.142 e. The highest BCUT2D eigenvalue weighted by Crippen LogP contribution is 2.40. The molecular formula is C13H14ClFO. The van der Waals surface area contributed by atoms with E-state index in [1.807, 2.05) is 6.07 Å². The minimum atomic E-state index is -0.382. The second-order valence-electron chi connectivity index (χ2n) is 4.92. The van der Waals surface area contributed by atoms with Crippen molar-refractivity contribution < 1.29 is 9.18 Å². The Kier molecular flexibility index (Phi) is 3.02. The first-order chi connectivity index (χ1) is 7.50. The number of carbonyl (C=O) groups excluding carboxylic acids is 1. The molecule has 2 rings (SSSR count). The van der Waals surface area contributed by atoms with E-state index >= 15 is 0 Å². The molecule has 16 heavy (non-hydrogen) atoms. The topological polar surface area (TPSA) is 17.1 Å². The Hall–Kier alpha value is -0.890. The highest BCUT2D eigenvalue weighted by molar-refractivity contribution is 6.31. The molecule has 1 aliphatic carbocycles. The van der Waals surface area contributed by atoms with Gasteiger partial charge >= 0.3 is 0 Å². The van der Waals surface area contributed by atoms with Crippen LogP contribution in [0.2, 0.25) is 5.02 Å². The number of halogens is 2. The third-order valence-corrected chi connectivity index (χ3v) is 3.70. The normalized spacial score (nSPS) is 25.1. The largest absolute Gasteiger partial charge is 0.300 e. The van der Waals surface area contributed by atoms with Crippen LogP contribution < -0.4 is 0 Å². The molecule has 0 bridgehead atoms. The first-order valence-electron chi connectivity index (χ1n) is 5.45. The van der Waals surface area contributed by atoms with Crippen LogP contribution in [-0.2, 0) is 11.2 Å². The lowest BCUT2D eigenvalue weighted by atomic mass is 9.82. The molecule has 1 atom stereocenters. The lowest BCUT2D eigenvalue weighted by molar-refractivity contribution is -0.117. The van der Waals surface area contributed by atoms with Crippen molar-refractivity contribution in [1.29, 1.82) is 0 Å². The van der Waals surface area contributed by atoms with Crippen LogP contribution in [0.1, 0.15) is 31.7 Å². The molecule has 0 amide bonds. The van der Waals surface area contributed by atoms with Gasteiger partial charge in [0.2, 0.25) is 0 Å². The molecule has 1 nitrogen and oxygen atoms in total. The molecule has 0 spiro atoms. The zero-order valence-electron chi connectivity index (χ0n) is 9.22. The summed E-state index contributed by atoms with van der Waals surface area (Å²) in [6.07, 6.45) is 2.78. The van der Waals surface area contributed by atoms with Gasteiger partial charge in [0.15, 0.2) is 0 Å². The lowest BCUT2D eigenvalue weighted by Gasteiger charge is -2.23. The van der Waals surface area contributed by atoms with Gasteiger partial charge in [0, 0.05) is 12.8 Å². The molecule has 0 N–H and O–H groups in total. The standard InChI is InChI=1S/C13H14ClFO/c1-13(6-5-10(16)8-13)7-9-3-2-4-11(15)12(9)14/h2-4H,5-8H2,1H3. The van der Waals surface area contributed by atoms with Gasteiger partial charge in [-0.3, -0.25) is 4.79 Å². The predicted molar refractivity (Wildman–Crippen MR) is 62.1 cm³/mol. The first-order valence-corrected chi connectivity index (χ1v) is 5.83. The van der Waals surface area contributed by atoms with Gasteiger partial charge in [0.25, 0.3) is 0 Å². The zero-order chi connectivity index (χ0) is 11.8. The number of ketones is 1. The number of hydrogen-bond donors (Lipinski definition) is 0. The number of carbonyl (C=O) groups is 1. The van der Waals surface area contributed by atoms with E-state index in [9.17, 15) is 9.18 Å². The quantitative estimate of drug-likeness (QED) is 0.769. The summed E-state index contributed by atoms with van der Waals surface area (Å²) in [5.41, 5.74) is 0.757. The molecule has 1 fully saturated rings. The van der Waals surface area contributed by atoms with Crippen molar-refractivity contribution in [2.24, 2.45) is 5.41 Å². The third kappa shape index (κ3) is 2.27. The average Bonchev–Trinajstić information content (AvgIpc) is 2.54. The van der Waals surface area contributed by atoms with E-state index in [4.69, 9.17) is 11.6 Å². The molecule has 0 aliphatic heterocycles. The van der Waals surface area contributed by atoms with Gasteiger partial charge in [-0.05, 0) is 29.9 Å². The van der Waals surface area contributed by atoms with Gasteiger partial charge in [0.05, 0.1) is 5.02 Å². The molecule has 0 aromatic heterocycles. The van der Waals surface area contributed by atoms with E-state index in [0.717, 1.165) is 12.0 Å². The fourth-order valence-corrected chi connectivity index (χ4v) is 2.58. The fraction of sp³-hybridized carbons (Fsp3) is 0.462.